The molecule has 2 N–H and O–H groups in total. The number of H-pyrrole nitrogens is 1. The minimum absolute atomic E-state index is 0.241. The predicted octanol–water partition coefficient (Wildman–Crippen LogP) is 4.34. The van der Waals surface area contributed by atoms with Crippen molar-refractivity contribution in [2.45, 2.75) is 0 Å². The SMILES string of the molecule is O=C(O)c1ccc(-c2nc3c(Cl)cc(Br)cc3[nH]2)cc1. The van der Waals surface area contributed by atoms with Gasteiger partial charge < -0.3 is 10.1 Å². The van der Waals surface area contributed by atoms with E-state index in [1.54, 1.807) is 30.3 Å². The Bertz CT molecular complexity index is 812. The number of halogens is 2. The van der Waals surface area contributed by atoms with E-state index in [0.717, 1.165) is 15.6 Å². The lowest BCUT2D eigenvalue weighted by atomic mass is 10.1. The van der Waals surface area contributed by atoms with Crippen LogP contribution in [0.15, 0.2) is 40.9 Å². The van der Waals surface area contributed by atoms with Crippen LogP contribution in [0, 0.1) is 0 Å². The van der Waals surface area contributed by atoms with Gasteiger partial charge in [-0.2, -0.15) is 0 Å². The summed E-state index contributed by atoms with van der Waals surface area (Å²) in [5.74, 6) is -0.301. The molecular weight excluding hydrogens is 344 g/mol. The Morgan fingerprint density at radius 1 is 1.25 bits per heavy atom. The second-order valence-electron chi connectivity index (χ2n) is 4.25. The second kappa shape index (κ2) is 4.92. The molecule has 3 aromatic rings. The van der Waals surface area contributed by atoms with Crippen LogP contribution < -0.4 is 0 Å². The molecule has 0 saturated heterocycles. The number of carbonyl (C=O) groups is 1. The first kappa shape index (κ1) is 13.1. The predicted molar refractivity (Wildman–Crippen MR) is 81.2 cm³/mol. The molecule has 0 fully saturated rings. The Morgan fingerprint density at radius 3 is 2.60 bits per heavy atom. The van der Waals surface area contributed by atoms with Crippen LogP contribution in [0.5, 0.6) is 0 Å². The van der Waals surface area contributed by atoms with Gasteiger partial charge in [0.1, 0.15) is 11.3 Å². The van der Waals surface area contributed by atoms with Crippen molar-refractivity contribution in [3.05, 3.63) is 51.5 Å². The first-order valence-electron chi connectivity index (χ1n) is 5.73. The zero-order chi connectivity index (χ0) is 14.3. The Kier molecular flexibility index (Phi) is 3.23. The van der Waals surface area contributed by atoms with Crippen LogP contribution in [-0.4, -0.2) is 21.0 Å². The summed E-state index contributed by atoms with van der Waals surface area (Å²) in [7, 11) is 0. The molecule has 0 aliphatic carbocycles. The summed E-state index contributed by atoms with van der Waals surface area (Å²) in [6.45, 7) is 0. The molecule has 1 heterocycles. The van der Waals surface area contributed by atoms with Gasteiger partial charge in [0.05, 0.1) is 16.1 Å². The van der Waals surface area contributed by atoms with Gasteiger partial charge in [-0.25, -0.2) is 9.78 Å². The number of hydrogen-bond acceptors (Lipinski definition) is 2. The molecule has 0 unspecified atom stereocenters. The first-order chi connectivity index (χ1) is 9.54. The number of aromatic nitrogens is 2. The lowest BCUT2D eigenvalue weighted by Crippen LogP contribution is -1.95. The van der Waals surface area contributed by atoms with Gasteiger partial charge in [-0.15, -0.1) is 0 Å². The van der Waals surface area contributed by atoms with Crippen molar-refractivity contribution in [2.75, 3.05) is 0 Å². The highest BCUT2D eigenvalue weighted by atomic mass is 79.9. The number of nitrogens with zero attached hydrogens (tertiary/aromatic N) is 1. The number of aromatic carboxylic acids is 1. The number of nitrogens with one attached hydrogen (secondary N) is 1. The molecule has 3 rings (SSSR count). The lowest BCUT2D eigenvalue weighted by Gasteiger charge is -1.97. The van der Waals surface area contributed by atoms with Crippen LogP contribution in [0.3, 0.4) is 0 Å². The molecule has 1 aromatic heterocycles. The van der Waals surface area contributed by atoms with Crippen LogP contribution in [0.4, 0.5) is 0 Å². The largest absolute Gasteiger partial charge is 0.478 e. The molecule has 4 nitrogen and oxygen atoms in total. The van der Waals surface area contributed by atoms with E-state index in [1.807, 2.05) is 6.07 Å². The molecule has 0 spiro atoms. The van der Waals surface area contributed by atoms with Gasteiger partial charge in [0.25, 0.3) is 0 Å². The van der Waals surface area contributed by atoms with Gasteiger partial charge in [0.2, 0.25) is 0 Å². The molecule has 0 atom stereocenters. The molecule has 0 aliphatic heterocycles. The van der Waals surface area contributed by atoms with E-state index in [9.17, 15) is 4.79 Å². The zero-order valence-corrected chi connectivity index (χ0v) is 12.4. The smallest absolute Gasteiger partial charge is 0.335 e. The maximum absolute atomic E-state index is 10.8. The number of fused-ring (bicyclic) bond motifs is 1. The summed E-state index contributed by atoms with van der Waals surface area (Å²) in [4.78, 5) is 18.4. The molecule has 0 bridgehead atoms. The van der Waals surface area contributed by atoms with E-state index in [4.69, 9.17) is 16.7 Å². The van der Waals surface area contributed by atoms with Crippen LogP contribution in [-0.2, 0) is 0 Å². The number of carboxylic acid groups (broad SMARTS) is 1. The maximum atomic E-state index is 10.8. The number of benzene rings is 2. The monoisotopic (exact) mass is 350 g/mol. The van der Waals surface area contributed by atoms with E-state index >= 15 is 0 Å². The fourth-order valence-electron chi connectivity index (χ4n) is 1.95. The van der Waals surface area contributed by atoms with Crippen molar-refractivity contribution < 1.29 is 9.90 Å². The number of imidazole rings is 1. The van der Waals surface area contributed by atoms with Crippen LogP contribution >= 0.6 is 27.5 Å². The van der Waals surface area contributed by atoms with Crippen molar-refractivity contribution in [3.8, 4) is 11.4 Å². The van der Waals surface area contributed by atoms with E-state index in [0.29, 0.717) is 16.4 Å². The number of aromatic amines is 1. The summed E-state index contributed by atoms with van der Waals surface area (Å²) < 4.78 is 0.867. The minimum atomic E-state index is -0.951. The highest BCUT2D eigenvalue weighted by molar-refractivity contribution is 9.10. The summed E-state index contributed by atoms with van der Waals surface area (Å²) in [5, 5.41) is 9.44. The summed E-state index contributed by atoms with van der Waals surface area (Å²) >= 11 is 9.52. The van der Waals surface area contributed by atoms with Crippen molar-refractivity contribution in [1.29, 1.82) is 0 Å². The first-order valence-corrected chi connectivity index (χ1v) is 6.90. The normalized spacial score (nSPS) is 10.9. The third-order valence-electron chi connectivity index (χ3n) is 2.91. The molecule has 20 heavy (non-hydrogen) atoms. The quantitative estimate of drug-likeness (QED) is 0.721. The summed E-state index contributed by atoms with van der Waals surface area (Å²) in [5.41, 5.74) is 2.55. The van der Waals surface area contributed by atoms with E-state index < -0.39 is 5.97 Å². The standard InChI is InChI=1S/C14H8BrClN2O2/c15-9-5-10(16)12-11(6-9)17-13(18-12)7-1-3-8(4-2-7)14(19)20/h1-6H,(H,17,18)(H,19,20). The van der Waals surface area contributed by atoms with E-state index in [2.05, 4.69) is 25.9 Å². The Balaban J connectivity index is 2.10. The van der Waals surface area contributed by atoms with Crippen molar-refractivity contribution >= 4 is 44.5 Å². The third kappa shape index (κ3) is 2.30. The van der Waals surface area contributed by atoms with Gasteiger partial charge in [-0.05, 0) is 24.3 Å². The van der Waals surface area contributed by atoms with Crippen LogP contribution in [0.2, 0.25) is 5.02 Å². The molecule has 100 valence electrons. The summed E-state index contributed by atoms with van der Waals surface area (Å²) in [6, 6.07) is 10.2. The fourth-order valence-corrected chi connectivity index (χ4v) is 2.80. The number of hydrogen-bond donors (Lipinski definition) is 2. The van der Waals surface area contributed by atoms with Gasteiger partial charge in [0, 0.05) is 10.0 Å². The van der Waals surface area contributed by atoms with E-state index in [-0.39, 0.29) is 5.56 Å². The minimum Gasteiger partial charge on any atom is -0.478 e. The average molecular weight is 352 g/mol. The Morgan fingerprint density at radius 2 is 1.95 bits per heavy atom. The van der Waals surface area contributed by atoms with Gasteiger partial charge in [-0.1, -0.05) is 39.7 Å². The van der Waals surface area contributed by atoms with Gasteiger partial charge >= 0.3 is 5.97 Å². The number of carboxylic acids is 1. The molecule has 6 heteroatoms. The van der Waals surface area contributed by atoms with Gasteiger partial charge in [-0.3, -0.25) is 0 Å². The van der Waals surface area contributed by atoms with Crippen molar-refractivity contribution in [1.82, 2.24) is 9.97 Å². The second-order valence-corrected chi connectivity index (χ2v) is 5.57. The van der Waals surface area contributed by atoms with Gasteiger partial charge in [0.15, 0.2) is 0 Å². The van der Waals surface area contributed by atoms with Crippen LogP contribution in [0.1, 0.15) is 10.4 Å². The lowest BCUT2D eigenvalue weighted by molar-refractivity contribution is 0.0697. The third-order valence-corrected chi connectivity index (χ3v) is 3.66. The Labute approximate surface area is 127 Å². The van der Waals surface area contributed by atoms with Crippen molar-refractivity contribution in [2.24, 2.45) is 0 Å². The average Bonchev–Trinajstić information content (AvgIpc) is 2.83. The Hall–Kier alpha value is -1.85. The molecule has 0 saturated carbocycles. The van der Waals surface area contributed by atoms with Crippen LogP contribution in [0.25, 0.3) is 22.4 Å². The molecule has 0 aliphatic rings. The number of rotatable bonds is 2. The zero-order valence-electron chi connectivity index (χ0n) is 10.0. The summed E-state index contributed by atoms with van der Waals surface area (Å²) in [6.07, 6.45) is 0. The maximum Gasteiger partial charge on any atom is 0.335 e. The molecule has 0 radical (unpaired) electrons. The topological polar surface area (TPSA) is 66.0 Å². The molecule has 2 aromatic carbocycles. The highest BCUT2D eigenvalue weighted by Gasteiger charge is 2.10. The fraction of sp³-hybridized carbons (Fsp3) is 0. The van der Waals surface area contributed by atoms with Crippen molar-refractivity contribution in [3.63, 3.8) is 0 Å². The van der Waals surface area contributed by atoms with E-state index in [1.165, 1.54) is 0 Å². The molecule has 0 amide bonds. The highest BCUT2D eigenvalue weighted by Crippen LogP contribution is 2.29. The molecular formula is C14H8BrClN2O2.